The van der Waals surface area contributed by atoms with Gasteiger partial charge in [-0.1, -0.05) is 82.2 Å². The lowest BCUT2D eigenvalue weighted by molar-refractivity contribution is 0.863. The van der Waals surface area contributed by atoms with Crippen LogP contribution in [0.5, 0.6) is 0 Å². The van der Waals surface area contributed by atoms with E-state index in [1.165, 1.54) is 11.1 Å². The number of hydrogen-bond acceptors (Lipinski definition) is 0. The Hall–Kier alpha value is -2.08. The van der Waals surface area contributed by atoms with Crippen molar-refractivity contribution in [3.63, 3.8) is 0 Å². The van der Waals surface area contributed by atoms with Gasteiger partial charge in [0.15, 0.2) is 0 Å². The third-order valence-electron chi connectivity index (χ3n) is 3.31. The normalized spacial score (nSPS) is 11.9. The summed E-state index contributed by atoms with van der Waals surface area (Å²) in [6, 6.07) is 4.35. The fourth-order valence-corrected chi connectivity index (χ4v) is 2.40. The van der Waals surface area contributed by atoms with Crippen LogP contribution in [0.2, 0.25) is 0 Å². The first-order chi connectivity index (χ1) is 9.60. The van der Waals surface area contributed by atoms with Gasteiger partial charge in [0.05, 0.1) is 0 Å². The Bertz CT molecular complexity index is 566. The first kappa shape index (κ1) is 16.0. The van der Waals surface area contributed by atoms with E-state index in [9.17, 15) is 0 Å². The summed E-state index contributed by atoms with van der Waals surface area (Å²) in [4.78, 5) is 0. The molecule has 0 amide bonds. The lowest BCUT2D eigenvalue weighted by atomic mass is 9.87. The fraction of sp³-hybridized carbons (Fsp3) is 0.200. The Morgan fingerprint density at radius 1 is 1.05 bits per heavy atom. The van der Waals surface area contributed by atoms with E-state index < -0.39 is 0 Å². The van der Waals surface area contributed by atoms with Crippen LogP contribution in [0.1, 0.15) is 48.9 Å². The van der Waals surface area contributed by atoms with Gasteiger partial charge in [-0.2, -0.15) is 0 Å². The molecule has 0 heterocycles. The van der Waals surface area contributed by atoms with Crippen LogP contribution < -0.4 is 0 Å². The first-order valence-corrected chi connectivity index (χ1v) is 6.98. The zero-order valence-corrected chi connectivity index (χ0v) is 12.8. The van der Waals surface area contributed by atoms with E-state index in [0.717, 1.165) is 16.7 Å². The van der Waals surface area contributed by atoms with E-state index in [4.69, 9.17) is 0 Å². The van der Waals surface area contributed by atoms with Crippen LogP contribution in [0.15, 0.2) is 56.2 Å². The molecule has 0 heteroatoms. The maximum atomic E-state index is 3.98. The minimum Gasteiger partial charge on any atom is -0.0990 e. The highest BCUT2D eigenvalue weighted by atomic mass is 14.2. The number of benzene rings is 1. The van der Waals surface area contributed by atoms with Crippen LogP contribution in [0.25, 0.3) is 17.7 Å². The second kappa shape index (κ2) is 7.49. The van der Waals surface area contributed by atoms with Crippen LogP contribution in [-0.2, 0) is 0 Å². The summed E-state index contributed by atoms with van der Waals surface area (Å²) in [6.07, 6.45) is 11.8. The molecule has 0 bridgehead atoms. The second-order valence-electron chi connectivity index (χ2n) is 4.95. The fourth-order valence-electron chi connectivity index (χ4n) is 2.40. The first-order valence-electron chi connectivity index (χ1n) is 6.98. The van der Waals surface area contributed by atoms with Gasteiger partial charge < -0.3 is 0 Å². The molecular weight excluding hydrogens is 240 g/mol. The van der Waals surface area contributed by atoms with E-state index >= 15 is 0 Å². The monoisotopic (exact) mass is 264 g/mol. The predicted octanol–water partition coefficient (Wildman–Crippen LogP) is 6.24. The molecule has 0 aromatic heterocycles. The summed E-state index contributed by atoms with van der Waals surface area (Å²) in [5.41, 5.74) is 5.91. The molecule has 0 atom stereocenters. The van der Waals surface area contributed by atoms with Crippen molar-refractivity contribution in [3.05, 3.63) is 78.4 Å². The molecule has 0 saturated heterocycles. The largest absolute Gasteiger partial charge is 0.0990 e. The molecule has 0 saturated carbocycles. The van der Waals surface area contributed by atoms with Crippen molar-refractivity contribution >= 4 is 17.7 Å². The van der Waals surface area contributed by atoms with E-state index in [2.05, 4.69) is 51.8 Å². The Morgan fingerprint density at radius 3 is 2.15 bits per heavy atom. The van der Waals surface area contributed by atoms with Gasteiger partial charge in [0.25, 0.3) is 0 Å². The highest BCUT2D eigenvalue weighted by Gasteiger charge is 2.12. The van der Waals surface area contributed by atoms with Crippen molar-refractivity contribution in [2.45, 2.75) is 26.7 Å². The number of rotatable bonds is 6. The molecule has 0 unspecified atom stereocenters. The van der Waals surface area contributed by atoms with Crippen molar-refractivity contribution < 1.29 is 0 Å². The van der Waals surface area contributed by atoms with Crippen molar-refractivity contribution in [3.8, 4) is 0 Å². The molecule has 20 heavy (non-hydrogen) atoms. The van der Waals surface area contributed by atoms with Crippen LogP contribution in [0.4, 0.5) is 0 Å². The second-order valence-corrected chi connectivity index (χ2v) is 4.95. The number of hydrogen-bond donors (Lipinski definition) is 0. The van der Waals surface area contributed by atoms with E-state index in [-0.39, 0.29) is 0 Å². The maximum absolute atomic E-state index is 3.98. The van der Waals surface area contributed by atoms with Gasteiger partial charge >= 0.3 is 0 Å². The van der Waals surface area contributed by atoms with Gasteiger partial charge in [-0.05, 0) is 40.7 Å². The summed E-state index contributed by atoms with van der Waals surface area (Å²) in [5.74, 6) is 0.462. The SMILES string of the molecule is C=C/C=C(\C=C/C)c1ccc(C(C)C)c(C=C)c1C=C. The molecule has 0 spiro atoms. The molecule has 0 fully saturated rings. The average Bonchev–Trinajstić information content (AvgIpc) is 2.45. The smallest absolute Gasteiger partial charge is 0.0106 e. The lowest BCUT2D eigenvalue weighted by Gasteiger charge is -2.17. The topological polar surface area (TPSA) is 0 Å². The molecular formula is C20H24. The summed E-state index contributed by atoms with van der Waals surface area (Å²) in [7, 11) is 0. The maximum Gasteiger partial charge on any atom is -0.0106 e. The Balaban J connectivity index is 3.64. The Kier molecular flexibility index (Phi) is 5.99. The minimum absolute atomic E-state index is 0.462. The Morgan fingerprint density at radius 2 is 1.70 bits per heavy atom. The predicted molar refractivity (Wildman–Crippen MR) is 93.7 cm³/mol. The third-order valence-corrected chi connectivity index (χ3v) is 3.31. The highest BCUT2D eigenvalue weighted by Crippen LogP contribution is 2.31. The van der Waals surface area contributed by atoms with Crippen LogP contribution in [-0.4, -0.2) is 0 Å². The summed E-state index contributed by atoms with van der Waals surface area (Å²) < 4.78 is 0. The van der Waals surface area contributed by atoms with Crippen LogP contribution >= 0.6 is 0 Å². The van der Waals surface area contributed by atoms with E-state index in [1.807, 2.05) is 37.3 Å². The zero-order valence-electron chi connectivity index (χ0n) is 12.8. The van der Waals surface area contributed by atoms with Crippen molar-refractivity contribution in [1.29, 1.82) is 0 Å². The van der Waals surface area contributed by atoms with Crippen molar-refractivity contribution in [2.75, 3.05) is 0 Å². The standard InChI is InChI=1S/C20H24/c1-7-11-16(12-8-2)20-14-13-19(15(5)6)17(9-3)18(20)10-4/h7-15H,1,3-4H2,2,5-6H3/b12-8-,16-11+. The third kappa shape index (κ3) is 3.27. The van der Waals surface area contributed by atoms with E-state index in [0.29, 0.717) is 5.92 Å². The van der Waals surface area contributed by atoms with Gasteiger partial charge in [0.2, 0.25) is 0 Å². The van der Waals surface area contributed by atoms with Crippen LogP contribution in [0, 0.1) is 0 Å². The summed E-state index contributed by atoms with van der Waals surface area (Å²) >= 11 is 0. The molecule has 1 aromatic rings. The molecule has 1 aromatic carbocycles. The molecule has 0 N–H and O–H groups in total. The molecule has 0 nitrogen and oxygen atoms in total. The average molecular weight is 264 g/mol. The van der Waals surface area contributed by atoms with Gasteiger partial charge in [-0.15, -0.1) is 0 Å². The van der Waals surface area contributed by atoms with Crippen LogP contribution in [0.3, 0.4) is 0 Å². The Labute approximate surface area is 123 Å². The summed E-state index contributed by atoms with van der Waals surface area (Å²) in [6.45, 7) is 18.2. The minimum atomic E-state index is 0.462. The highest BCUT2D eigenvalue weighted by molar-refractivity contribution is 5.84. The quantitative estimate of drug-likeness (QED) is 0.533. The molecule has 0 aliphatic heterocycles. The molecule has 0 radical (unpaired) electrons. The van der Waals surface area contributed by atoms with Crippen molar-refractivity contribution in [1.82, 2.24) is 0 Å². The van der Waals surface area contributed by atoms with Gasteiger partial charge in [-0.3, -0.25) is 0 Å². The van der Waals surface area contributed by atoms with Gasteiger partial charge in [-0.25, -0.2) is 0 Å². The molecule has 1 rings (SSSR count). The van der Waals surface area contributed by atoms with Gasteiger partial charge in [0, 0.05) is 0 Å². The zero-order chi connectivity index (χ0) is 15.1. The molecule has 104 valence electrons. The molecule has 0 aliphatic carbocycles. The number of allylic oxidation sites excluding steroid dienone is 5. The molecule has 0 aliphatic rings. The van der Waals surface area contributed by atoms with Gasteiger partial charge in [0.1, 0.15) is 0 Å². The van der Waals surface area contributed by atoms with E-state index in [1.54, 1.807) is 0 Å². The van der Waals surface area contributed by atoms with Crippen molar-refractivity contribution in [2.24, 2.45) is 0 Å². The summed E-state index contributed by atoms with van der Waals surface area (Å²) in [5, 5.41) is 0. The lowest BCUT2D eigenvalue weighted by Crippen LogP contribution is -1.98.